The van der Waals surface area contributed by atoms with Crippen molar-refractivity contribution in [2.24, 2.45) is 0 Å². The van der Waals surface area contributed by atoms with Gasteiger partial charge in [0.1, 0.15) is 10.8 Å². The second-order valence-electron chi connectivity index (χ2n) is 5.40. The summed E-state index contributed by atoms with van der Waals surface area (Å²) in [5.41, 5.74) is 3.36. The van der Waals surface area contributed by atoms with Gasteiger partial charge in [-0.3, -0.25) is 4.79 Å². The molecule has 0 saturated carbocycles. The number of nitrogens with zero attached hydrogens (tertiary/aromatic N) is 1. The second-order valence-corrected chi connectivity index (χ2v) is 6.26. The van der Waals surface area contributed by atoms with Gasteiger partial charge in [-0.15, -0.1) is 11.3 Å². The van der Waals surface area contributed by atoms with Crippen LogP contribution in [0.1, 0.15) is 17.0 Å². The molecule has 2 heterocycles. The van der Waals surface area contributed by atoms with Crippen LogP contribution >= 0.6 is 11.3 Å². The van der Waals surface area contributed by atoms with E-state index in [2.05, 4.69) is 41.5 Å². The Morgan fingerprint density at radius 1 is 1.29 bits per heavy atom. The number of hydrogen-bond acceptors (Lipinski definition) is 4. The van der Waals surface area contributed by atoms with Gasteiger partial charge >= 0.3 is 0 Å². The monoisotopic (exact) mass is 338 g/mol. The lowest BCUT2D eigenvalue weighted by atomic mass is 10.2. The van der Waals surface area contributed by atoms with Gasteiger partial charge in [-0.25, -0.2) is 4.98 Å². The average molecular weight is 338 g/mol. The normalized spacial score (nSPS) is 11.0. The first-order chi connectivity index (χ1) is 11.7. The minimum atomic E-state index is -0.139. The van der Waals surface area contributed by atoms with Crippen LogP contribution in [-0.4, -0.2) is 17.4 Å². The van der Waals surface area contributed by atoms with Crippen molar-refractivity contribution in [2.45, 2.75) is 13.3 Å². The number of benzene rings is 1. The third-order valence-electron chi connectivity index (χ3n) is 3.47. The molecule has 0 saturated heterocycles. The Balaban J connectivity index is 1.49. The van der Waals surface area contributed by atoms with Gasteiger partial charge in [-0.1, -0.05) is 29.8 Å². The molecule has 3 aromatic rings. The Morgan fingerprint density at radius 3 is 2.88 bits per heavy atom. The Bertz CT molecular complexity index is 817. The number of aromatic nitrogens is 1. The number of aryl methyl sites for hydroxylation is 1. The summed E-state index contributed by atoms with van der Waals surface area (Å²) in [4.78, 5) is 16.4. The number of furan rings is 1. The van der Waals surface area contributed by atoms with Crippen LogP contribution in [0.15, 0.2) is 58.5 Å². The number of carbonyl (C=O) groups is 1. The maximum atomic E-state index is 11.7. The Kier molecular flexibility index (Phi) is 5.23. The molecule has 1 amide bonds. The van der Waals surface area contributed by atoms with E-state index in [1.807, 2.05) is 5.38 Å². The van der Waals surface area contributed by atoms with Crippen LogP contribution in [0.2, 0.25) is 0 Å². The van der Waals surface area contributed by atoms with Crippen LogP contribution in [0.5, 0.6) is 0 Å². The zero-order chi connectivity index (χ0) is 16.8. The number of nitrogens with one attached hydrogen (secondary N) is 1. The predicted octanol–water partition coefficient (Wildman–Crippen LogP) is 4.08. The first-order valence-electron chi connectivity index (χ1n) is 7.71. The zero-order valence-electron chi connectivity index (χ0n) is 13.4. The van der Waals surface area contributed by atoms with Crippen LogP contribution in [0.25, 0.3) is 16.6 Å². The molecule has 0 aliphatic rings. The number of hydrogen-bond donors (Lipinski definition) is 1. The highest BCUT2D eigenvalue weighted by Crippen LogP contribution is 2.24. The van der Waals surface area contributed by atoms with Crippen molar-refractivity contribution in [1.82, 2.24) is 10.3 Å². The maximum Gasteiger partial charge on any atom is 0.244 e. The third-order valence-corrected chi connectivity index (χ3v) is 4.41. The first kappa shape index (κ1) is 16.2. The molecule has 0 radical (unpaired) electrons. The van der Waals surface area contributed by atoms with E-state index in [0.29, 0.717) is 18.7 Å². The minimum absolute atomic E-state index is 0.139. The van der Waals surface area contributed by atoms with Crippen molar-refractivity contribution in [3.63, 3.8) is 0 Å². The van der Waals surface area contributed by atoms with Crippen molar-refractivity contribution in [1.29, 1.82) is 0 Å². The molecule has 0 spiro atoms. The molecule has 2 aromatic heterocycles. The molecule has 4 nitrogen and oxygen atoms in total. The summed E-state index contributed by atoms with van der Waals surface area (Å²) in [6, 6.07) is 11.9. The molecule has 0 bridgehead atoms. The molecule has 0 atom stereocenters. The first-order valence-corrected chi connectivity index (χ1v) is 8.59. The maximum absolute atomic E-state index is 11.7. The molecular weight excluding hydrogens is 320 g/mol. The van der Waals surface area contributed by atoms with Crippen molar-refractivity contribution >= 4 is 23.3 Å². The molecule has 0 aliphatic carbocycles. The van der Waals surface area contributed by atoms with Gasteiger partial charge in [0.05, 0.1) is 12.0 Å². The lowest BCUT2D eigenvalue weighted by Gasteiger charge is -2.00. The molecule has 1 N–H and O–H groups in total. The molecule has 0 unspecified atom stereocenters. The largest absolute Gasteiger partial charge is 0.465 e. The van der Waals surface area contributed by atoms with E-state index in [-0.39, 0.29) is 5.91 Å². The van der Waals surface area contributed by atoms with E-state index in [9.17, 15) is 4.79 Å². The fraction of sp³-hybridized carbons (Fsp3) is 0.158. The van der Waals surface area contributed by atoms with Crippen LogP contribution < -0.4 is 5.32 Å². The van der Waals surface area contributed by atoms with E-state index in [4.69, 9.17) is 4.42 Å². The Hall–Kier alpha value is -2.66. The highest BCUT2D eigenvalue weighted by atomic mass is 32.1. The van der Waals surface area contributed by atoms with Gasteiger partial charge in [0, 0.05) is 30.0 Å². The molecule has 122 valence electrons. The lowest BCUT2D eigenvalue weighted by molar-refractivity contribution is -0.116. The standard InChI is InChI=1S/C19H18N2O2S/c1-14-4-6-15(7-5-14)19-21-16(13-24-19)10-11-20-18(22)9-8-17-3-2-12-23-17/h2-9,12-13H,10-11H2,1H3,(H,20,22)/b9-8+. The quantitative estimate of drug-likeness (QED) is 0.689. The van der Waals surface area contributed by atoms with Crippen LogP contribution in [0, 0.1) is 6.92 Å². The summed E-state index contributed by atoms with van der Waals surface area (Å²) < 4.78 is 5.13. The predicted molar refractivity (Wildman–Crippen MR) is 96.7 cm³/mol. The summed E-state index contributed by atoms with van der Waals surface area (Å²) >= 11 is 1.63. The van der Waals surface area contributed by atoms with E-state index >= 15 is 0 Å². The molecule has 3 rings (SSSR count). The van der Waals surface area contributed by atoms with Crippen molar-refractivity contribution < 1.29 is 9.21 Å². The SMILES string of the molecule is Cc1ccc(-c2nc(CCNC(=O)/C=C/c3ccco3)cs2)cc1. The lowest BCUT2D eigenvalue weighted by Crippen LogP contribution is -2.23. The molecular formula is C19H18N2O2S. The van der Waals surface area contributed by atoms with Gasteiger partial charge in [-0.05, 0) is 25.1 Å². The van der Waals surface area contributed by atoms with Gasteiger partial charge < -0.3 is 9.73 Å². The fourth-order valence-electron chi connectivity index (χ4n) is 2.17. The van der Waals surface area contributed by atoms with E-state index in [1.54, 1.807) is 35.8 Å². The van der Waals surface area contributed by atoms with Crippen molar-refractivity contribution in [3.05, 3.63) is 71.1 Å². The summed E-state index contributed by atoms with van der Waals surface area (Å²) in [5.74, 6) is 0.521. The number of thiazole rings is 1. The smallest absolute Gasteiger partial charge is 0.244 e. The number of rotatable bonds is 6. The molecule has 0 fully saturated rings. The van der Waals surface area contributed by atoms with Crippen LogP contribution in [-0.2, 0) is 11.2 Å². The van der Waals surface area contributed by atoms with E-state index < -0.39 is 0 Å². The molecule has 0 aliphatic heterocycles. The van der Waals surface area contributed by atoms with Gasteiger partial charge in [0.25, 0.3) is 0 Å². The summed E-state index contributed by atoms with van der Waals surface area (Å²) in [6.45, 7) is 2.62. The summed E-state index contributed by atoms with van der Waals surface area (Å²) in [5, 5.41) is 5.90. The van der Waals surface area contributed by atoms with E-state index in [0.717, 1.165) is 16.3 Å². The third kappa shape index (κ3) is 4.43. The Labute approximate surface area is 144 Å². The van der Waals surface area contributed by atoms with Gasteiger partial charge in [0.2, 0.25) is 5.91 Å². The summed E-state index contributed by atoms with van der Waals surface area (Å²) in [6.07, 6.45) is 5.40. The second kappa shape index (κ2) is 7.75. The number of carbonyl (C=O) groups excluding carboxylic acids is 1. The molecule has 5 heteroatoms. The van der Waals surface area contributed by atoms with Crippen molar-refractivity contribution in [3.8, 4) is 10.6 Å². The Morgan fingerprint density at radius 2 is 2.12 bits per heavy atom. The summed E-state index contributed by atoms with van der Waals surface area (Å²) in [7, 11) is 0. The highest BCUT2D eigenvalue weighted by Gasteiger charge is 2.05. The van der Waals surface area contributed by atoms with Gasteiger partial charge in [0.15, 0.2) is 0 Å². The van der Waals surface area contributed by atoms with Crippen LogP contribution in [0.3, 0.4) is 0 Å². The number of amides is 1. The van der Waals surface area contributed by atoms with Gasteiger partial charge in [-0.2, -0.15) is 0 Å². The topological polar surface area (TPSA) is 55.1 Å². The fourth-order valence-corrected chi connectivity index (χ4v) is 3.03. The van der Waals surface area contributed by atoms with Crippen LogP contribution in [0.4, 0.5) is 0 Å². The average Bonchev–Trinajstić information content (AvgIpc) is 3.25. The zero-order valence-corrected chi connectivity index (χ0v) is 14.2. The molecule has 24 heavy (non-hydrogen) atoms. The highest BCUT2D eigenvalue weighted by molar-refractivity contribution is 7.13. The van der Waals surface area contributed by atoms with E-state index in [1.165, 1.54) is 11.6 Å². The van der Waals surface area contributed by atoms with Crippen molar-refractivity contribution in [2.75, 3.05) is 6.54 Å². The molecule has 1 aromatic carbocycles. The minimum Gasteiger partial charge on any atom is -0.465 e.